The lowest BCUT2D eigenvalue weighted by Crippen LogP contribution is -2.13. The normalized spacial score (nSPS) is 10.7. The summed E-state index contributed by atoms with van der Waals surface area (Å²) in [5.74, 6) is -0.323. The van der Waals surface area contributed by atoms with Crippen LogP contribution in [0, 0.1) is 5.82 Å². The molecule has 0 aromatic heterocycles. The second-order valence-electron chi connectivity index (χ2n) is 3.58. The fourth-order valence-electron chi connectivity index (χ4n) is 1.17. The third-order valence-electron chi connectivity index (χ3n) is 1.88. The highest BCUT2D eigenvalue weighted by atomic mass is 19.1. The molecule has 15 heavy (non-hydrogen) atoms. The molecule has 0 aliphatic carbocycles. The topological polar surface area (TPSA) is 47.3 Å². The Morgan fingerprint density at radius 2 is 2.20 bits per heavy atom. The lowest BCUT2D eigenvalue weighted by Gasteiger charge is -2.11. The van der Waals surface area contributed by atoms with Crippen LogP contribution in [0.4, 0.5) is 15.8 Å². The molecule has 0 saturated carbocycles. The van der Waals surface area contributed by atoms with Gasteiger partial charge in [0.05, 0.1) is 24.1 Å². The molecule has 3 nitrogen and oxygen atoms in total. The van der Waals surface area contributed by atoms with Gasteiger partial charge in [-0.1, -0.05) is 0 Å². The number of nitrogen functional groups attached to an aromatic ring is 1. The number of ether oxygens (including phenoxy) is 1. The van der Waals surface area contributed by atoms with E-state index in [-0.39, 0.29) is 11.9 Å². The standard InChI is InChI=1S/C11H17FN2O/c1-8(2)15-6-5-14-11-4-3-9(12)7-10(11)13/h3-4,7-8,14H,5-6,13H2,1-2H3. The van der Waals surface area contributed by atoms with Gasteiger partial charge < -0.3 is 15.8 Å². The Bertz CT molecular complexity index is 315. The number of anilines is 2. The smallest absolute Gasteiger partial charge is 0.125 e. The third-order valence-corrected chi connectivity index (χ3v) is 1.88. The third kappa shape index (κ3) is 4.16. The number of halogens is 1. The largest absolute Gasteiger partial charge is 0.397 e. The summed E-state index contributed by atoms with van der Waals surface area (Å²) in [7, 11) is 0. The first kappa shape index (κ1) is 11.8. The Balaban J connectivity index is 2.37. The second-order valence-corrected chi connectivity index (χ2v) is 3.58. The molecular formula is C11H17FN2O. The van der Waals surface area contributed by atoms with Crippen molar-refractivity contribution in [2.24, 2.45) is 0 Å². The molecule has 1 aromatic carbocycles. The number of benzene rings is 1. The van der Waals surface area contributed by atoms with Crippen molar-refractivity contribution in [3.63, 3.8) is 0 Å². The van der Waals surface area contributed by atoms with Crippen molar-refractivity contribution in [2.45, 2.75) is 20.0 Å². The molecule has 84 valence electrons. The van der Waals surface area contributed by atoms with Crippen molar-refractivity contribution in [1.29, 1.82) is 0 Å². The van der Waals surface area contributed by atoms with E-state index in [0.717, 1.165) is 5.69 Å². The first-order valence-corrected chi connectivity index (χ1v) is 5.00. The Kier molecular flexibility index (Phi) is 4.37. The first-order chi connectivity index (χ1) is 7.09. The number of rotatable bonds is 5. The van der Waals surface area contributed by atoms with E-state index in [1.807, 2.05) is 13.8 Å². The molecule has 0 aliphatic rings. The molecule has 1 aromatic rings. The van der Waals surface area contributed by atoms with Crippen molar-refractivity contribution in [2.75, 3.05) is 24.2 Å². The molecule has 0 bridgehead atoms. The van der Waals surface area contributed by atoms with E-state index in [4.69, 9.17) is 10.5 Å². The fraction of sp³-hybridized carbons (Fsp3) is 0.455. The van der Waals surface area contributed by atoms with Crippen LogP contribution in [0.3, 0.4) is 0 Å². The van der Waals surface area contributed by atoms with Gasteiger partial charge in [0, 0.05) is 6.54 Å². The fourth-order valence-corrected chi connectivity index (χ4v) is 1.17. The Labute approximate surface area is 89.4 Å². The zero-order valence-electron chi connectivity index (χ0n) is 9.09. The van der Waals surface area contributed by atoms with Crippen LogP contribution >= 0.6 is 0 Å². The summed E-state index contributed by atoms with van der Waals surface area (Å²) >= 11 is 0. The molecule has 0 atom stereocenters. The van der Waals surface area contributed by atoms with Gasteiger partial charge in [0.15, 0.2) is 0 Å². The summed E-state index contributed by atoms with van der Waals surface area (Å²) in [6.45, 7) is 5.22. The predicted octanol–water partition coefficient (Wildman–Crippen LogP) is 2.24. The van der Waals surface area contributed by atoms with E-state index in [0.29, 0.717) is 18.8 Å². The number of nitrogens with two attached hydrogens (primary N) is 1. The molecule has 0 fully saturated rings. The molecule has 0 unspecified atom stereocenters. The lowest BCUT2D eigenvalue weighted by molar-refractivity contribution is 0.0871. The van der Waals surface area contributed by atoms with Crippen molar-refractivity contribution in [3.8, 4) is 0 Å². The molecular weight excluding hydrogens is 195 g/mol. The van der Waals surface area contributed by atoms with Gasteiger partial charge in [-0.15, -0.1) is 0 Å². The van der Waals surface area contributed by atoms with Crippen molar-refractivity contribution in [3.05, 3.63) is 24.0 Å². The maximum Gasteiger partial charge on any atom is 0.125 e. The number of hydrogen-bond acceptors (Lipinski definition) is 3. The molecule has 0 aliphatic heterocycles. The summed E-state index contributed by atoms with van der Waals surface area (Å²) < 4.78 is 18.1. The number of nitrogens with one attached hydrogen (secondary N) is 1. The summed E-state index contributed by atoms with van der Waals surface area (Å²) in [6.07, 6.45) is 0.220. The van der Waals surface area contributed by atoms with Gasteiger partial charge in [-0.3, -0.25) is 0 Å². The minimum Gasteiger partial charge on any atom is -0.397 e. The maximum atomic E-state index is 12.7. The molecule has 4 heteroatoms. The highest BCUT2D eigenvalue weighted by Gasteiger charge is 2.00. The maximum absolute atomic E-state index is 12.7. The minimum absolute atomic E-state index is 0.220. The monoisotopic (exact) mass is 212 g/mol. The van der Waals surface area contributed by atoms with Crippen LogP contribution in [0.2, 0.25) is 0 Å². The van der Waals surface area contributed by atoms with E-state index in [1.54, 1.807) is 6.07 Å². The summed E-state index contributed by atoms with van der Waals surface area (Å²) in [5.41, 5.74) is 6.78. The molecule has 3 N–H and O–H groups in total. The Morgan fingerprint density at radius 1 is 1.47 bits per heavy atom. The lowest BCUT2D eigenvalue weighted by atomic mass is 10.2. The average Bonchev–Trinajstić information content (AvgIpc) is 2.14. The van der Waals surface area contributed by atoms with Crippen molar-refractivity contribution >= 4 is 11.4 Å². The predicted molar refractivity (Wildman–Crippen MR) is 60.4 cm³/mol. The van der Waals surface area contributed by atoms with E-state index in [1.165, 1.54) is 12.1 Å². The van der Waals surface area contributed by atoms with Gasteiger partial charge in [0.2, 0.25) is 0 Å². The van der Waals surface area contributed by atoms with E-state index >= 15 is 0 Å². The molecule has 0 heterocycles. The Morgan fingerprint density at radius 3 is 2.80 bits per heavy atom. The van der Waals surface area contributed by atoms with Gasteiger partial charge in [-0.2, -0.15) is 0 Å². The molecule has 0 saturated heterocycles. The van der Waals surface area contributed by atoms with Crippen LogP contribution in [-0.2, 0) is 4.74 Å². The minimum atomic E-state index is -0.323. The second kappa shape index (κ2) is 5.56. The highest BCUT2D eigenvalue weighted by molar-refractivity contribution is 5.65. The van der Waals surface area contributed by atoms with Crippen LogP contribution < -0.4 is 11.1 Å². The number of hydrogen-bond donors (Lipinski definition) is 2. The van der Waals surface area contributed by atoms with Gasteiger partial charge in [0.1, 0.15) is 5.82 Å². The summed E-state index contributed by atoms with van der Waals surface area (Å²) in [5, 5.41) is 3.08. The zero-order chi connectivity index (χ0) is 11.3. The van der Waals surface area contributed by atoms with Gasteiger partial charge >= 0.3 is 0 Å². The zero-order valence-corrected chi connectivity index (χ0v) is 9.09. The first-order valence-electron chi connectivity index (χ1n) is 5.00. The molecule has 0 amide bonds. The quantitative estimate of drug-likeness (QED) is 0.581. The van der Waals surface area contributed by atoms with Crippen LogP contribution in [0.1, 0.15) is 13.8 Å². The van der Waals surface area contributed by atoms with Gasteiger partial charge in [-0.25, -0.2) is 4.39 Å². The SMILES string of the molecule is CC(C)OCCNc1ccc(F)cc1N. The average molecular weight is 212 g/mol. The van der Waals surface area contributed by atoms with Crippen molar-refractivity contribution in [1.82, 2.24) is 0 Å². The van der Waals surface area contributed by atoms with Crippen LogP contribution in [0.15, 0.2) is 18.2 Å². The molecule has 0 radical (unpaired) electrons. The van der Waals surface area contributed by atoms with E-state index in [9.17, 15) is 4.39 Å². The molecule has 1 rings (SSSR count). The Hall–Kier alpha value is -1.29. The van der Waals surface area contributed by atoms with E-state index < -0.39 is 0 Å². The molecule has 0 spiro atoms. The van der Waals surface area contributed by atoms with Crippen LogP contribution in [0.5, 0.6) is 0 Å². The highest BCUT2D eigenvalue weighted by Crippen LogP contribution is 2.18. The van der Waals surface area contributed by atoms with Crippen LogP contribution in [0.25, 0.3) is 0 Å². The van der Waals surface area contributed by atoms with Crippen LogP contribution in [-0.4, -0.2) is 19.3 Å². The van der Waals surface area contributed by atoms with Crippen molar-refractivity contribution < 1.29 is 9.13 Å². The van der Waals surface area contributed by atoms with Gasteiger partial charge in [0.25, 0.3) is 0 Å². The summed E-state index contributed by atoms with van der Waals surface area (Å²) in [6, 6.07) is 4.30. The van der Waals surface area contributed by atoms with E-state index in [2.05, 4.69) is 5.32 Å². The summed E-state index contributed by atoms with van der Waals surface area (Å²) in [4.78, 5) is 0. The van der Waals surface area contributed by atoms with Gasteiger partial charge in [-0.05, 0) is 32.0 Å².